The maximum atomic E-state index is 12.2. The van der Waals surface area contributed by atoms with Gasteiger partial charge in [-0.25, -0.2) is 0 Å². The largest absolute Gasteiger partial charge is 0.388 e. The van der Waals surface area contributed by atoms with Crippen molar-refractivity contribution in [2.75, 3.05) is 0 Å². The Morgan fingerprint density at radius 3 is 1.50 bits per heavy atom. The summed E-state index contributed by atoms with van der Waals surface area (Å²) in [6.07, 6.45) is -1.03. The zero-order chi connectivity index (χ0) is 34.2. The first-order valence-corrected chi connectivity index (χ1v) is 13.2. The fraction of sp³-hybridized carbons (Fsp3) is 0.0882. The van der Waals surface area contributed by atoms with Gasteiger partial charge in [-0.2, -0.15) is 21.0 Å². The maximum absolute atomic E-state index is 12.2. The van der Waals surface area contributed by atoms with Crippen molar-refractivity contribution < 1.29 is 19.7 Å². The van der Waals surface area contributed by atoms with E-state index >= 15 is 0 Å². The summed E-state index contributed by atoms with van der Waals surface area (Å²) in [6.45, 7) is 6.00. The Bertz CT molecular complexity index is 1910. The van der Waals surface area contributed by atoms with Crippen molar-refractivity contribution in [2.45, 2.75) is 18.9 Å². The molecule has 46 heavy (non-hydrogen) atoms. The monoisotopic (exact) mass is 612 g/mol. The lowest BCUT2D eigenvalue weighted by molar-refractivity contribution is -0.385. The van der Waals surface area contributed by atoms with E-state index in [0.29, 0.717) is 27.8 Å². The molecule has 12 heteroatoms. The summed E-state index contributed by atoms with van der Waals surface area (Å²) in [6, 6.07) is 28.2. The van der Waals surface area contributed by atoms with Crippen molar-refractivity contribution in [3.8, 4) is 24.3 Å². The second-order valence-electron chi connectivity index (χ2n) is 9.17. The van der Waals surface area contributed by atoms with E-state index in [1.165, 1.54) is 54.6 Å². The van der Waals surface area contributed by atoms with E-state index in [2.05, 4.69) is 13.2 Å². The molecule has 1 atom stereocenters. The number of carbonyl (C=O) groups is 1. The number of nitriles is 4. The first-order chi connectivity index (χ1) is 22.1. The van der Waals surface area contributed by atoms with Gasteiger partial charge in [-0.15, -0.1) is 13.2 Å². The maximum Gasteiger partial charge on any atom is 0.274 e. The number of aliphatic hydroxyl groups excluding tert-OH is 1. The third-order valence-electron chi connectivity index (χ3n) is 6.35. The zero-order valence-corrected chi connectivity index (χ0v) is 24.2. The molecule has 0 aliphatic heterocycles. The molecule has 0 aliphatic rings. The molecule has 1 unspecified atom stereocenters. The van der Waals surface area contributed by atoms with Crippen LogP contribution in [-0.4, -0.2) is 20.7 Å². The summed E-state index contributed by atoms with van der Waals surface area (Å²) in [5, 5.41) is 67.3. The van der Waals surface area contributed by atoms with Gasteiger partial charge >= 0.3 is 0 Å². The lowest BCUT2D eigenvalue weighted by atomic mass is 9.98. The van der Waals surface area contributed by atoms with Crippen LogP contribution in [0, 0.1) is 65.6 Å². The third kappa shape index (κ3) is 9.52. The Labute approximate surface area is 263 Å². The standard InChI is InChI=1S/C16H11N3O3.C16H9N3O3.C2H4/c2*17-9-11-1-4-13(5-2-11)16(20)8-14-6-3-12(10-18)7-15(14)19(21)22;1-2/h1-7,16,20H,8H2;1-7H,8H2;1-2H2. The van der Waals surface area contributed by atoms with Crippen LogP contribution in [0.3, 0.4) is 0 Å². The number of nitro groups is 2. The first kappa shape index (κ1) is 35.2. The fourth-order valence-corrected chi connectivity index (χ4v) is 4.04. The molecular weight excluding hydrogens is 588 g/mol. The highest BCUT2D eigenvalue weighted by atomic mass is 16.6. The van der Waals surface area contributed by atoms with E-state index in [9.17, 15) is 30.1 Å². The molecular formula is C34H24N6O6. The summed E-state index contributed by atoms with van der Waals surface area (Å²) >= 11 is 0. The Balaban J connectivity index is 0.000000304. The first-order valence-electron chi connectivity index (χ1n) is 13.2. The number of ketones is 1. The molecule has 0 spiro atoms. The van der Waals surface area contributed by atoms with Crippen molar-refractivity contribution >= 4 is 17.2 Å². The number of rotatable bonds is 8. The molecule has 1 N–H and O–H groups in total. The number of nitrogens with zero attached hydrogens (tertiary/aromatic N) is 6. The van der Waals surface area contributed by atoms with Crippen molar-refractivity contribution in [3.05, 3.63) is 163 Å². The molecule has 0 aromatic heterocycles. The molecule has 0 heterocycles. The number of carbonyl (C=O) groups excluding carboxylic acids is 1. The lowest BCUT2D eigenvalue weighted by Gasteiger charge is -2.11. The second kappa shape index (κ2) is 17.2. The quantitative estimate of drug-likeness (QED) is 0.103. The van der Waals surface area contributed by atoms with Crippen LogP contribution < -0.4 is 0 Å². The van der Waals surface area contributed by atoms with E-state index in [1.807, 2.05) is 24.3 Å². The molecule has 4 rings (SSSR count). The van der Waals surface area contributed by atoms with E-state index in [0.717, 1.165) is 6.07 Å². The van der Waals surface area contributed by atoms with Gasteiger partial charge in [-0.05, 0) is 42.0 Å². The van der Waals surface area contributed by atoms with Crippen LogP contribution in [0.25, 0.3) is 0 Å². The molecule has 0 bridgehead atoms. The van der Waals surface area contributed by atoms with E-state index in [-0.39, 0.29) is 46.7 Å². The molecule has 226 valence electrons. The Kier molecular flexibility index (Phi) is 13.2. The predicted molar refractivity (Wildman–Crippen MR) is 166 cm³/mol. The Hall–Kier alpha value is -6.99. The molecule has 0 fully saturated rings. The minimum Gasteiger partial charge on any atom is -0.388 e. The van der Waals surface area contributed by atoms with Crippen LogP contribution in [0.5, 0.6) is 0 Å². The van der Waals surface area contributed by atoms with Gasteiger partial charge in [0.05, 0.1) is 62.5 Å². The molecule has 0 amide bonds. The van der Waals surface area contributed by atoms with Crippen LogP contribution in [0.4, 0.5) is 11.4 Å². The summed E-state index contributed by atoms with van der Waals surface area (Å²) in [5.41, 5.74) is 2.37. The summed E-state index contributed by atoms with van der Waals surface area (Å²) < 4.78 is 0. The highest BCUT2D eigenvalue weighted by molar-refractivity contribution is 5.98. The predicted octanol–water partition coefficient (Wildman–Crippen LogP) is 6.18. The highest BCUT2D eigenvalue weighted by Crippen LogP contribution is 2.26. The van der Waals surface area contributed by atoms with Crippen molar-refractivity contribution in [1.82, 2.24) is 0 Å². The number of Topliss-reactive ketones (excluding diaryl/α,β-unsaturated/α-hetero) is 1. The van der Waals surface area contributed by atoms with Crippen molar-refractivity contribution in [1.29, 1.82) is 21.0 Å². The molecule has 4 aromatic rings. The number of aliphatic hydroxyl groups is 1. The van der Waals surface area contributed by atoms with Crippen molar-refractivity contribution in [2.24, 2.45) is 0 Å². The van der Waals surface area contributed by atoms with E-state index < -0.39 is 16.0 Å². The minimum absolute atomic E-state index is 0.0495. The molecule has 0 aliphatic carbocycles. The number of hydrogen-bond donors (Lipinski definition) is 1. The SMILES string of the molecule is C=C.N#Cc1ccc(C(=O)Cc2ccc(C#N)cc2[N+](=O)[O-])cc1.N#Cc1ccc(C(O)Cc2ccc(C#N)cc2[N+](=O)[O-])cc1. The van der Waals surface area contributed by atoms with Crippen LogP contribution in [0.2, 0.25) is 0 Å². The fourth-order valence-electron chi connectivity index (χ4n) is 4.04. The van der Waals surface area contributed by atoms with E-state index in [1.54, 1.807) is 24.3 Å². The molecule has 0 saturated heterocycles. The van der Waals surface area contributed by atoms with Gasteiger partial charge in [-0.3, -0.25) is 25.0 Å². The average molecular weight is 613 g/mol. The summed E-state index contributed by atoms with van der Waals surface area (Å²) in [4.78, 5) is 33.1. The topological polar surface area (TPSA) is 219 Å². The zero-order valence-electron chi connectivity index (χ0n) is 24.2. The smallest absolute Gasteiger partial charge is 0.274 e. The van der Waals surface area contributed by atoms with Gasteiger partial charge < -0.3 is 5.11 Å². The third-order valence-corrected chi connectivity index (χ3v) is 6.35. The molecule has 4 aromatic carbocycles. The number of hydrogen-bond acceptors (Lipinski definition) is 10. The second-order valence-corrected chi connectivity index (χ2v) is 9.17. The van der Waals surface area contributed by atoms with E-state index in [4.69, 9.17) is 21.0 Å². The van der Waals surface area contributed by atoms with Crippen LogP contribution in [-0.2, 0) is 12.8 Å². The van der Waals surface area contributed by atoms with Gasteiger partial charge in [0.15, 0.2) is 5.78 Å². The normalized spacial score (nSPS) is 10.0. The van der Waals surface area contributed by atoms with Crippen LogP contribution >= 0.6 is 0 Å². The van der Waals surface area contributed by atoms with Gasteiger partial charge in [0.25, 0.3) is 11.4 Å². The summed E-state index contributed by atoms with van der Waals surface area (Å²) in [7, 11) is 0. The van der Waals surface area contributed by atoms with Crippen LogP contribution in [0.1, 0.15) is 55.4 Å². The molecule has 12 nitrogen and oxygen atoms in total. The minimum atomic E-state index is -0.931. The average Bonchev–Trinajstić information content (AvgIpc) is 3.09. The number of nitro benzene ring substituents is 2. The van der Waals surface area contributed by atoms with Gasteiger partial charge in [0.1, 0.15) is 0 Å². The number of benzene rings is 4. The van der Waals surface area contributed by atoms with Gasteiger partial charge in [0, 0.05) is 41.7 Å². The molecule has 0 saturated carbocycles. The van der Waals surface area contributed by atoms with Crippen LogP contribution in [0.15, 0.2) is 98.1 Å². The van der Waals surface area contributed by atoms with Gasteiger partial charge in [0.2, 0.25) is 0 Å². The van der Waals surface area contributed by atoms with Gasteiger partial charge in [-0.1, -0.05) is 36.4 Å². The lowest BCUT2D eigenvalue weighted by Crippen LogP contribution is -2.06. The molecule has 0 radical (unpaired) electrons. The highest BCUT2D eigenvalue weighted by Gasteiger charge is 2.20. The Morgan fingerprint density at radius 1 is 0.674 bits per heavy atom. The Morgan fingerprint density at radius 2 is 1.07 bits per heavy atom. The van der Waals surface area contributed by atoms with Crippen molar-refractivity contribution in [3.63, 3.8) is 0 Å². The summed E-state index contributed by atoms with van der Waals surface area (Å²) in [5.74, 6) is -0.294.